The number of hydrogen-bond acceptors (Lipinski definition) is 2. The van der Waals surface area contributed by atoms with Gasteiger partial charge >= 0.3 is 6.18 Å². The molecule has 0 aliphatic heterocycles. The molecular weight excluding hydrogens is 233 g/mol. The molecule has 0 amide bonds. The lowest BCUT2D eigenvalue weighted by Gasteiger charge is -2.17. The topological polar surface area (TPSA) is 46.2 Å². The molecule has 0 aliphatic carbocycles. The van der Waals surface area contributed by atoms with Crippen molar-refractivity contribution >= 4 is 0 Å². The van der Waals surface area contributed by atoms with Crippen molar-refractivity contribution in [1.29, 1.82) is 0 Å². The molecule has 0 unspecified atom stereocenters. The first-order chi connectivity index (χ1) is 7.29. The molecule has 0 fully saturated rings. The Kier molecular flexibility index (Phi) is 3.37. The van der Waals surface area contributed by atoms with Gasteiger partial charge in [0.05, 0.1) is 11.6 Å². The molecular formula is C9H8F5NO. The summed E-state index contributed by atoms with van der Waals surface area (Å²) in [5, 5.41) is 9.12. The van der Waals surface area contributed by atoms with Crippen LogP contribution in [0.25, 0.3) is 0 Å². The molecule has 0 bridgehead atoms. The summed E-state index contributed by atoms with van der Waals surface area (Å²) in [4.78, 5) is 0. The van der Waals surface area contributed by atoms with E-state index in [-0.39, 0.29) is 0 Å². The van der Waals surface area contributed by atoms with Crippen LogP contribution in [0.4, 0.5) is 22.0 Å². The van der Waals surface area contributed by atoms with Crippen LogP contribution in [0.5, 0.6) is 5.75 Å². The van der Waals surface area contributed by atoms with E-state index in [1.54, 1.807) is 0 Å². The van der Waals surface area contributed by atoms with Crippen LogP contribution < -0.4 is 5.73 Å². The fraction of sp³-hybridized carbons (Fsp3) is 0.333. The van der Waals surface area contributed by atoms with Crippen LogP contribution in [0, 0.1) is 5.82 Å². The molecule has 3 N–H and O–H groups in total. The quantitative estimate of drug-likeness (QED) is 0.781. The molecule has 1 aromatic carbocycles. The molecule has 1 atom stereocenters. The highest BCUT2D eigenvalue weighted by atomic mass is 19.4. The summed E-state index contributed by atoms with van der Waals surface area (Å²) in [5.41, 5.74) is 2.76. The fourth-order valence-electron chi connectivity index (χ4n) is 1.28. The smallest absolute Gasteiger partial charge is 0.416 e. The summed E-state index contributed by atoms with van der Waals surface area (Å²) < 4.78 is 62.4. The van der Waals surface area contributed by atoms with Crippen LogP contribution in [-0.2, 0) is 6.18 Å². The molecule has 0 aromatic heterocycles. The summed E-state index contributed by atoms with van der Waals surface area (Å²) in [7, 11) is 0. The van der Waals surface area contributed by atoms with E-state index in [4.69, 9.17) is 10.8 Å². The lowest BCUT2D eigenvalue weighted by molar-refractivity contribution is -0.138. The minimum atomic E-state index is -4.83. The monoisotopic (exact) mass is 241 g/mol. The molecule has 0 radical (unpaired) electrons. The van der Waals surface area contributed by atoms with Crippen molar-refractivity contribution in [2.45, 2.75) is 12.2 Å². The first-order valence-electron chi connectivity index (χ1n) is 4.19. The third-order valence-corrected chi connectivity index (χ3v) is 2.01. The number of aromatic hydroxyl groups is 1. The molecule has 2 nitrogen and oxygen atoms in total. The van der Waals surface area contributed by atoms with E-state index in [1.165, 1.54) is 0 Å². The summed E-state index contributed by atoms with van der Waals surface area (Å²) >= 11 is 0. The largest absolute Gasteiger partial charge is 0.505 e. The number of phenolic OH excluding ortho intramolecular Hbond substituents is 1. The van der Waals surface area contributed by atoms with E-state index in [0.29, 0.717) is 12.1 Å². The molecule has 0 aliphatic rings. The molecule has 0 heterocycles. The van der Waals surface area contributed by atoms with E-state index >= 15 is 0 Å². The molecule has 1 rings (SSSR count). The molecule has 16 heavy (non-hydrogen) atoms. The first kappa shape index (κ1) is 12.7. The van der Waals surface area contributed by atoms with Gasteiger partial charge in [-0.25, -0.2) is 8.78 Å². The van der Waals surface area contributed by atoms with Crippen molar-refractivity contribution < 1.29 is 27.1 Å². The minimum Gasteiger partial charge on any atom is -0.505 e. The average Bonchev–Trinajstić information content (AvgIpc) is 2.19. The number of halogens is 5. The van der Waals surface area contributed by atoms with Crippen LogP contribution in [0.3, 0.4) is 0 Å². The zero-order chi connectivity index (χ0) is 12.5. The molecule has 0 saturated carbocycles. The fourth-order valence-corrected chi connectivity index (χ4v) is 1.28. The lowest BCUT2D eigenvalue weighted by atomic mass is 9.99. The maximum absolute atomic E-state index is 12.8. The van der Waals surface area contributed by atoms with Crippen LogP contribution in [0.1, 0.15) is 17.2 Å². The predicted molar refractivity (Wildman–Crippen MR) is 46.0 cm³/mol. The molecule has 0 spiro atoms. The number of benzene rings is 1. The van der Waals surface area contributed by atoms with Gasteiger partial charge in [-0.3, -0.25) is 0 Å². The molecule has 7 heteroatoms. The van der Waals surface area contributed by atoms with Gasteiger partial charge in [0.15, 0.2) is 11.6 Å². The number of hydrogen-bond donors (Lipinski definition) is 2. The second kappa shape index (κ2) is 4.25. The van der Waals surface area contributed by atoms with Gasteiger partial charge in [-0.1, -0.05) is 0 Å². The number of rotatable bonds is 2. The predicted octanol–water partition coefficient (Wildman–Crippen LogP) is 2.52. The highest BCUT2D eigenvalue weighted by molar-refractivity contribution is 5.44. The van der Waals surface area contributed by atoms with Crippen molar-refractivity contribution in [3.8, 4) is 5.75 Å². The van der Waals surface area contributed by atoms with Gasteiger partial charge in [0.2, 0.25) is 0 Å². The van der Waals surface area contributed by atoms with Gasteiger partial charge in [0.1, 0.15) is 6.67 Å². The van der Waals surface area contributed by atoms with Crippen molar-refractivity contribution in [3.05, 3.63) is 29.1 Å². The minimum absolute atomic E-state index is 0.417. The Labute approximate surface area is 87.5 Å². The second-order valence-electron chi connectivity index (χ2n) is 3.12. The number of nitrogens with two attached hydrogens (primary N) is 1. The zero-order valence-electron chi connectivity index (χ0n) is 7.85. The Balaban J connectivity index is 3.45. The lowest BCUT2D eigenvalue weighted by Crippen LogP contribution is -2.19. The van der Waals surface area contributed by atoms with Crippen molar-refractivity contribution in [2.24, 2.45) is 5.73 Å². The van der Waals surface area contributed by atoms with E-state index in [1.807, 2.05) is 0 Å². The third-order valence-electron chi connectivity index (χ3n) is 2.01. The average molecular weight is 241 g/mol. The number of alkyl halides is 4. The standard InChI is InChI=1S/C9H8F5NO/c10-3-6(15)7-4(9(12,13)14)1-2-5(11)8(7)16/h1-2,6,16H,3,15H2/t6-/m1/s1. The Morgan fingerprint density at radius 1 is 1.31 bits per heavy atom. The Hall–Kier alpha value is -1.37. The normalized spacial score (nSPS) is 13.9. The Morgan fingerprint density at radius 2 is 1.88 bits per heavy atom. The Bertz CT molecular complexity index is 390. The van der Waals surface area contributed by atoms with Gasteiger partial charge in [-0.05, 0) is 12.1 Å². The summed E-state index contributed by atoms with van der Waals surface area (Å²) in [6, 6.07) is -0.848. The molecule has 90 valence electrons. The first-order valence-corrected chi connectivity index (χ1v) is 4.19. The Morgan fingerprint density at radius 3 is 2.31 bits per heavy atom. The summed E-state index contributed by atoms with van der Waals surface area (Å²) in [6.07, 6.45) is -4.83. The van der Waals surface area contributed by atoms with Gasteiger partial charge in [-0.2, -0.15) is 13.2 Å². The number of phenols is 1. The second-order valence-corrected chi connectivity index (χ2v) is 3.12. The summed E-state index contributed by atoms with van der Waals surface area (Å²) in [5.74, 6) is -2.54. The highest BCUT2D eigenvalue weighted by Gasteiger charge is 2.37. The van der Waals surface area contributed by atoms with Gasteiger partial charge in [0.25, 0.3) is 0 Å². The van der Waals surface area contributed by atoms with Gasteiger partial charge in [-0.15, -0.1) is 0 Å². The molecule has 0 saturated heterocycles. The summed E-state index contributed by atoms with van der Waals surface area (Å²) in [6.45, 7) is -1.33. The van der Waals surface area contributed by atoms with E-state index in [9.17, 15) is 22.0 Å². The van der Waals surface area contributed by atoms with Crippen LogP contribution >= 0.6 is 0 Å². The zero-order valence-corrected chi connectivity index (χ0v) is 7.85. The SMILES string of the molecule is N[C@H](CF)c1c(C(F)(F)F)ccc(F)c1O. The van der Waals surface area contributed by atoms with Crippen molar-refractivity contribution in [2.75, 3.05) is 6.67 Å². The molecule has 1 aromatic rings. The maximum Gasteiger partial charge on any atom is 0.416 e. The van der Waals surface area contributed by atoms with Crippen LogP contribution in [0.2, 0.25) is 0 Å². The van der Waals surface area contributed by atoms with Gasteiger partial charge in [0, 0.05) is 5.56 Å². The van der Waals surface area contributed by atoms with E-state index in [2.05, 4.69) is 0 Å². The maximum atomic E-state index is 12.8. The van der Waals surface area contributed by atoms with Gasteiger partial charge < -0.3 is 10.8 Å². The van der Waals surface area contributed by atoms with Crippen LogP contribution in [0.15, 0.2) is 12.1 Å². The van der Waals surface area contributed by atoms with Crippen molar-refractivity contribution in [1.82, 2.24) is 0 Å². The highest BCUT2D eigenvalue weighted by Crippen LogP contribution is 2.39. The van der Waals surface area contributed by atoms with E-state index in [0.717, 1.165) is 0 Å². The third kappa shape index (κ3) is 2.24. The van der Waals surface area contributed by atoms with E-state index < -0.39 is 41.6 Å². The van der Waals surface area contributed by atoms with Crippen molar-refractivity contribution in [3.63, 3.8) is 0 Å². The van der Waals surface area contributed by atoms with Crippen LogP contribution in [-0.4, -0.2) is 11.8 Å².